The van der Waals surface area contributed by atoms with Gasteiger partial charge in [0.2, 0.25) is 0 Å². The Hall–Kier alpha value is -2.23. The smallest absolute Gasteiger partial charge is 0.291 e. The Morgan fingerprint density at radius 2 is 2.20 bits per heavy atom. The average molecular weight is 197 g/mol. The summed E-state index contributed by atoms with van der Waals surface area (Å²) in [4.78, 5) is 11.5. The number of rotatable bonds is 1. The van der Waals surface area contributed by atoms with Gasteiger partial charge in [0, 0.05) is 6.07 Å². The molecule has 0 aliphatic heterocycles. The SMILES string of the molecule is c1cc(-[n+]2cccnc2)c2nc[nH]c2c1. The Labute approximate surface area is 86.2 Å². The highest BCUT2D eigenvalue weighted by atomic mass is 15.0. The first-order valence-corrected chi connectivity index (χ1v) is 4.69. The molecule has 0 bridgehead atoms. The first kappa shape index (κ1) is 8.11. The van der Waals surface area contributed by atoms with Crippen LogP contribution in [-0.4, -0.2) is 15.0 Å². The van der Waals surface area contributed by atoms with Gasteiger partial charge in [0.1, 0.15) is 11.7 Å². The Morgan fingerprint density at radius 1 is 1.20 bits per heavy atom. The Morgan fingerprint density at radius 3 is 3.07 bits per heavy atom. The van der Waals surface area contributed by atoms with Gasteiger partial charge in [0.05, 0.1) is 18.0 Å². The molecule has 15 heavy (non-hydrogen) atoms. The van der Waals surface area contributed by atoms with Gasteiger partial charge in [-0.25, -0.2) is 9.55 Å². The van der Waals surface area contributed by atoms with E-state index in [1.165, 1.54) is 0 Å². The van der Waals surface area contributed by atoms with Crippen molar-refractivity contribution in [1.82, 2.24) is 15.0 Å². The molecular weight excluding hydrogens is 188 g/mol. The van der Waals surface area contributed by atoms with Crippen molar-refractivity contribution in [2.45, 2.75) is 0 Å². The highest BCUT2D eigenvalue weighted by Gasteiger charge is 2.08. The van der Waals surface area contributed by atoms with Crippen LogP contribution in [0.25, 0.3) is 16.7 Å². The van der Waals surface area contributed by atoms with E-state index in [9.17, 15) is 0 Å². The average Bonchev–Trinajstić information content (AvgIpc) is 2.78. The molecule has 2 heterocycles. The fraction of sp³-hybridized carbons (Fsp3) is 0. The topological polar surface area (TPSA) is 45.5 Å². The zero-order chi connectivity index (χ0) is 10.1. The third kappa shape index (κ3) is 1.27. The van der Waals surface area contributed by atoms with Gasteiger partial charge in [-0.2, -0.15) is 0 Å². The van der Waals surface area contributed by atoms with Crippen LogP contribution >= 0.6 is 0 Å². The highest BCUT2D eigenvalue weighted by Crippen LogP contribution is 2.13. The first-order valence-electron chi connectivity index (χ1n) is 4.69. The number of imidazole rings is 1. The van der Waals surface area contributed by atoms with Gasteiger partial charge in [0.25, 0.3) is 6.33 Å². The fourth-order valence-electron chi connectivity index (χ4n) is 1.63. The first-order chi connectivity index (χ1) is 7.45. The van der Waals surface area contributed by atoms with Gasteiger partial charge in [0.15, 0.2) is 5.69 Å². The summed E-state index contributed by atoms with van der Waals surface area (Å²) in [5, 5.41) is 0. The highest BCUT2D eigenvalue weighted by molar-refractivity contribution is 5.81. The minimum atomic E-state index is 0.954. The summed E-state index contributed by atoms with van der Waals surface area (Å²) in [5.41, 5.74) is 3.02. The largest absolute Gasteiger partial charge is 0.344 e. The second-order valence-electron chi connectivity index (χ2n) is 3.24. The molecule has 3 aromatic rings. The van der Waals surface area contributed by atoms with Crippen LogP contribution < -0.4 is 4.57 Å². The lowest BCUT2D eigenvalue weighted by Gasteiger charge is -1.97. The fourth-order valence-corrected chi connectivity index (χ4v) is 1.63. The molecule has 1 aromatic carbocycles. The summed E-state index contributed by atoms with van der Waals surface area (Å²) in [6.07, 6.45) is 7.17. The summed E-state index contributed by atoms with van der Waals surface area (Å²) in [7, 11) is 0. The summed E-state index contributed by atoms with van der Waals surface area (Å²) < 4.78 is 1.95. The van der Waals surface area contributed by atoms with Crippen LogP contribution in [-0.2, 0) is 0 Å². The predicted octanol–water partition coefficient (Wildman–Crippen LogP) is 1.23. The standard InChI is InChI=1S/C11H9N4/c1-3-9-11(14-7-13-9)10(4-1)15-6-2-5-12-8-15/h1-8H,(H,13,14)/q+1. The zero-order valence-electron chi connectivity index (χ0n) is 7.96. The van der Waals surface area contributed by atoms with Crippen molar-refractivity contribution in [3.63, 3.8) is 0 Å². The lowest BCUT2D eigenvalue weighted by molar-refractivity contribution is -0.597. The second kappa shape index (κ2) is 3.16. The number of nitrogens with zero attached hydrogens (tertiary/aromatic N) is 3. The molecule has 0 aliphatic rings. The molecule has 3 rings (SSSR count). The lowest BCUT2D eigenvalue weighted by Crippen LogP contribution is -2.30. The number of fused-ring (bicyclic) bond motifs is 1. The number of hydrogen-bond donors (Lipinski definition) is 1. The number of para-hydroxylation sites is 1. The van der Waals surface area contributed by atoms with Gasteiger partial charge in [-0.3, -0.25) is 0 Å². The molecule has 2 aromatic heterocycles. The predicted molar refractivity (Wildman–Crippen MR) is 55.4 cm³/mol. The van der Waals surface area contributed by atoms with E-state index in [1.54, 1.807) is 18.9 Å². The van der Waals surface area contributed by atoms with Crippen LogP contribution in [0.15, 0.2) is 49.3 Å². The van der Waals surface area contributed by atoms with Crippen LogP contribution in [0.4, 0.5) is 0 Å². The van der Waals surface area contributed by atoms with Crippen molar-refractivity contribution in [3.8, 4) is 5.69 Å². The molecule has 4 nitrogen and oxygen atoms in total. The molecule has 0 fully saturated rings. The van der Waals surface area contributed by atoms with Crippen LogP contribution in [0.2, 0.25) is 0 Å². The van der Waals surface area contributed by atoms with Crippen molar-refractivity contribution < 1.29 is 4.57 Å². The van der Waals surface area contributed by atoms with Crippen molar-refractivity contribution >= 4 is 11.0 Å². The van der Waals surface area contributed by atoms with Crippen molar-refractivity contribution in [1.29, 1.82) is 0 Å². The van der Waals surface area contributed by atoms with E-state index < -0.39 is 0 Å². The maximum Gasteiger partial charge on any atom is 0.291 e. The number of H-pyrrole nitrogens is 1. The number of hydrogen-bond acceptors (Lipinski definition) is 2. The molecule has 0 saturated carbocycles. The van der Waals surface area contributed by atoms with Crippen molar-refractivity contribution in [3.05, 3.63) is 49.3 Å². The van der Waals surface area contributed by atoms with Crippen molar-refractivity contribution in [2.75, 3.05) is 0 Å². The molecule has 0 radical (unpaired) electrons. The van der Waals surface area contributed by atoms with Gasteiger partial charge in [-0.1, -0.05) is 11.1 Å². The maximum atomic E-state index is 4.29. The zero-order valence-corrected chi connectivity index (χ0v) is 7.96. The monoisotopic (exact) mass is 197 g/mol. The van der Waals surface area contributed by atoms with Gasteiger partial charge < -0.3 is 4.98 Å². The van der Waals surface area contributed by atoms with E-state index in [0.717, 1.165) is 16.7 Å². The molecule has 0 aliphatic carbocycles. The summed E-state index contributed by atoms with van der Waals surface area (Å²) in [5.74, 6) is 0. The summed E-state index contributed by atoms with van der Waals surface area (Å²) >= 11 is 0. The van der Waals surface area contributed by atoms with E-state index in [0.29, 0.717) is 0 Å². The Kier molecular flexibility index (Phi) is 1.71. The van der Waals surface area contributed by atoms with Crippen LogP contribution in [0.3, 0.4) is 0 Å². The van der Waals surface area contributed by atoms with Crippen LogP contribution in [0.1, 0.15) is 0 Å². The molecule has 1 N–H and O–H groups in total. The van der Waals surface area contributed by atoms with Crippen LogP contribution in [0.5, 0.6) is 0 Å². The number of benzene rings is 1. The van der Waals surface area contributed by atoms with Gasteiger partial charge >= 0.3 is 0 Å². The molecule has 72 valence electrons. The Balaban J connectivity index is 2.31. The minimum absolute atomic E-state index is 0.954. The molecule has 0 spiro atoms. The van der Waals surface area contributed by atoms with Gasteiger partial charge in [-0.15, -0.1) is 0 Å². The quantitative estimate of drug-likeness (QED) is 0.596. The number of aromatic amines is 1. The van der Waals surface area contributed by atoms with E-state index in [2.05, 4.69) is 15.0 Å². The number of nitrogens with one attached hydrogen (secondary N) is 1. The lowest BCUT2D eigenvalue weighted by atomic mass is 10.2. The van der Waals surface area contributed by atoms with E-state index in [4.69, 9.17) is 0 Å². The minimum Gasteiger partial charge on any atom is -0.344 e. The van der Waals surface area contributed by atoms with Crippen LogP contribution in [0, 0.1) is 0 Å². The third-order valence-electron chi connectivity index (χ3n) is 2.32. The molecule has 4 heteroatoms. The molecule has 0 unspecified atom stereocenters. The van der Waals surface area contributed by atoms with Crippen molar-refractivity contribution in [2.24, 2.45) is 0 Å². The Bertz CT molecular complexity index is 586. The molecular formula is C11H9N4+. The second-order valence-corrected chi connectivity index (χ2v) is 3.24. The molecule has 0 amide bonds. The summed E-state index contributed by atoms with van der Waals surface area (Å²) in [6.45, 7) is 0. The molecule has 0 saturated heterocycles. The molecule has 0 atom stereocenters. The maximum absolute atomic E-state index is 4.29. The van der Waals surface area contributed by atoms with E-state index in [1.807, 2.05) is 35.0 Å². The van der Waals surface area contributed by atoms with Gasteiger partial charge in [-0.05, 0) is 12.1 Å². The van der Waals surface area contributed by atoms with E-state index in [-0.39, 0.29) is 0 Å². The summed E-state index contributed by atoms with van der Waals surface area (Å²) in [6, 6.07) is 7.91. The number of aromatic nitrogens is 4. The third-order valence-corrected chi connectivity index (χ3v) is 2.32. The normalized spacial score (nSPS) is 10.7. The van der Waals surface area contributed by atoms with E-state index >= 15 is 0 Å².